The summed E-state index contributed by atoms with van der Waals surface area (Å²) < 4.78 is 63.6. The van der Waals surface area contributed by atoms with E-state index in [1.54, 1.807) is 6.20 Å². The molecule has 0 unspecified atom stereocenters. The molecule has 2 aromatic rings. The number of aryl methyl sites for hydroxylation is 1. The van der Waals surface area contributed by atoms with Crippen LogP contribution in [0.3, 0.4) is 0 Å². The highest BCUT2D eigenvalue weighted by atomic mass is 35.5. The predicted molar refractivity (Wildman–Crippen MR) is 85.2 cm³/mol. The molecule has 0 amide bonds. The van der Waals surface area contributed by atoms with Crippen molar-refractivity contribution in [2.45, 2.75) is 23.9 Å². The van der Waals surface area contributed by atoms with E-state index in [1.165, 1.54) is 0 Å². The maximum absolute atomic E-state index is 12.4. The summed E-state index contributed by atoms with van der Waals surface area (Å²) in [6, 6.07) is 3.34. The molecule has 0 aliphatic rings. The number of nitrogens with two attached hydrogens (primary N) is 1. The first kappa shape index (κ1) is 20.3. The number of imidazole rings is 1. The molecule has 134 valence electrons. The normalized spacial score (nSPS) is 12.0. The highest BCUT2D eigenvalue weighted by molar-refractivity contribution is 7.89. The van der Waals surface area contributed by atoms with Gasteiger partial charge in [0.05, 0.1) is 16.7 Å². The van der Waals surface area contributed by atoms with Gasteiger partial charge in [-0.3, -0.25) is 0 Å². The molecule has 1 heterocycles. The number of hydrogen-bond donors (Lipinski definition) is 3. The van der Waals surface area contributed by atoms with Crippen molar-refractivity contribution in [3.05, 3.63) is 41.7 Å². The lowest BCUT2D eigenvalue weighted by Gasteiger charge is -2.09. The van der Waals surface area contributed by atoms with Gasteiger partial charge in [0, 0.05) is 12.2 Å². The van der Waals surface area contributed by atoms with E-state index in [9.17, 15) is 21.6 Å². The van der Waals surface area contributed by atoms with Crippen LogP contribution in [0.15, 0.2) is 35.4 Å². The van der Waals surface area contributed by atoms with E-state index in [-0.39, 0.29) is 29.8 Å². The first-order valence-corrected chi connectivity index (χ1v) is 8.13. The molecule has 11 heteroatoms. The number of aromatic amines is 1. The molecule has 1 aromatic heterocycles. The van der Waals surface area contributed by atoms with Gasteiger partial charge in [0.25, 0.3) is 0 Å². The molecule has 6 nitrogen and oxygen atoms in total. The van der Waals surface area contributed by atoms with E-state index in [1.807, 2.05) is 0 Å². The Kier molecular flexibility index (Phi) is 6.64. The first-order chi connectivity index (χ1) is 10.7. The smallest absolute Gasteiger partial charge is 0.369 e. The van der Waals surface area contributed by atoms with Crippen LogP contribution in [-0.2, 0) is 22.6 Å². The molecule has 0 saturated carbocycles. The molecular formula is C13H16ClF3N4O2S. The van der Waals surface area contributed by atoms with Crippen molar-refractivity contribution in [3.63, 3.8) is 0 Å². The molecule has 0 bridgehead atoms. The number of nitrogens with one attached hydrogen (secondary N) is 2. The van der Waals surface area contributed by atoms with E-state index in [0.29, 0.717) is 12.8 Å². The third-order valence-corrected chi connectivity index (χ3v) is 4.53. The standard InChI is InChI=1S/C13H15F3N4O2S.ClH/c14-13(15,16)9-3-5-11(6-4-9)23(21,22)19-7-1-2-10-8-18-12(17)20-10;/h3-6,8,19H,1-2,7H2,(H3,17,18,20);1H. The molecular weight excluding hydrogens is 369 g/mol. The second kappa shape index (κ2) is 7.86. The molecule has 2 rings (SSSR count). The molecule has 0 fully saturated rings. The fourth-order valence-corrected chi connectivity index (χ4v) is 2.97. The van der Waals surface area contributed by atoms with E-state index in [2.05, 4.69) is 14.7 Å². The number of nitrogen functional groups attached to an aromatic ring is 1. The van der Waals surface area contributed by atoms with Gasteiger partial charge >= 0.3 is 6.18 Å². The fraction of sp³-hybridized carbons (Fsp3) is 0.308. The Morgan fingerprint density at radius 1 is 1.21 bits per heavy atom. The third-order valence-electron chi connectivity index (χ3n) is 3.06. The van der Waals surface area contributed by atoms with Crippen molar-refractivity contribution in [2.24, 2.45) is 0 Å². The summed E-state index contributed by atoms with van der Waals surface area (Å²) in [4.78, 5) is 6.41. The summed E-state index contributed by atoms with van der Waals surface area (Å²) in [5.41, 5.74) is 5.29. The Morgan fingerprint density at radius 2 is 1.83 bits per heavy atom. The minimum absolute atomic E-state index is 0. The quantitative estimate of drug-likeness (QED) is 0.665. The minimum atomic E-state index is -4.50. The van der Waals surface area contributed by atoms with Crippen LogP contribution in [-0.4, -0.2) is 24.9 Å². The summed E-state index contributed by atoms with van der Waals surface area (Å²) in [6.07, 6.45) is -1.91. The lowest BCUT2D eigenvalue weighted by molar-refractivity contribution is -0.137. The van der Waals surface area contributed by atoms with Gasteiger partial charge in [0.15, 0.2) is 5.95 Å². The summed E-state index contributed by atoms with van der Waals surface area (Å²) in [7, 11) is -3.84. The summed E-state index contributed by atoms with van der Waals surface area (Å²) in [5.74, 6) is 0.283. The van der Waals surface area contributed by atoms with E-state index < -0.39 is 21.8 Å². The zero-order valence-corrected chi connectivity index (χ0v) is 13.9. The molecule has 0 spiro atoms. The van der Waals surface area contributed by atoms with Crippen LogP contribution in [0.4, 0.5) is 19.1 Å². The highest BCUT2D eigenvalue weighted by Crippen LogP contribution is 2.29. The number of alkyl halides is 3. The molecule has 0 radical (unpaired) electrons. The van der Waals surface area contributed by atoms with Gasteiger partial charge in [0.2, 0.25) is 10.0 Å². The van der Waals surface area contributed by atoms with E-state index >= 15 is 0 Å². The lowest BCUT2D eigenvalue weighted by Crippen LogP contribution is -2.25. The van der Waals surface area contributed by atoms with Crippen molar-refractivity contribution in [2.75, 3.05) is 12.3 Å². The SMILES string of the molecule is Cl.Nc1ncc(CCCNS(=O)(=O)c2ccc(C(F)(F)F)cc2)[nH]1. The van der Waals surface area contributed by atoms with Gasteiger partial charge in [0.1, 0.15) is 0 Å². The number of sulfonamides is 1. The van der Waals surface area contributed by atoms with Crippen molar-refractivity contribution in [1.29, 1.82) is 0 Å². The van der Waals surface area contributed by atoms with Crippen LogP contribution in [0.1, 0.15) is 17.7 Å². The van der Waals surface area contributed by atoms with Gasteiger partial charge in [-0.05, 0) is 37.1 Å². The average molecular weight is 385 g/mol. The minimum Gasteiger partial charge on any atom is -0.369 e. The van der Waals surface area contributed by atoms with Gasteiger partial charge in [-0.2, -0.15) is 13.2 Å². The monoisotopic (exact) mass is 384 g/mol. The molecule has 0 aliphatic carbocycles. The number of H-pyrrole nitrogens is 1. The van der Waals surface area contributed by atoms with Crippen LogP contribution < -0.4 is 10.5 Å². The number of anilines is 1. The fourth-order valence-electron chi connectivity index (χ4n) is 1.90. The molecule has 0 atom stereocenters. The average Bonchev–Trinajstić information content (AvgIpc) is 2.88. The maximum atomic E-state index is 12.4. The predicted octanol–water partition coefficient (Wildman–Crippen LogP) is 2.34. The van der Waals surface area contributed by atoms with Gasteiger partial charge < -0.3 is 10.7 Å². The summed E-state index contributed by atoms with van der Waals surface area (Å²) >= 11 is 0. The Labute approximate surface area is 143 Å². The van der Waals surface area contributed by atoms with Crippen LogP contribution in [0.2, 0.25) is 0 Å². The molecule has 0 saturated heterocycles. The Morgan fingerprint density at radius 3 is 2.33 bits per heavy atom. The third kappa shape index (κ3) is 5.39. The number of rotatable bonds is 6. The Balaban J connectivity index is 0.00000288. The Bertz CT molecular complexity index is 760. The second-order valence-electron chi connectivity index (χ2n) is 4.82. The molecule has 1 aromatic carbocycles. The second-order valence-corrected chi connectivity index (χ2v) is 6.58. The molecule has 0 aliphatic heterocycles. The van der Waals surface area contributed by atoms with Crippen LogP contribution in [0, 0.1) is 0 Å². The van der Waals surface area contributed by atoms with Crippen LogP contribution in [0.25, 0.3) is 0 Å². The Hall–Kier alpha value is -1.78. The lowest BCUT2D eigenvalue weighted by atomic mass is 10.2. The maximum Gasteiger partial charge on any atom is 0.416 e. The zero-order chi connectivity index (χ0) is 17.1. The summed E-state index contributed by atoms with van der Waals surface area (Å²) in [6.45, 7) is 0.141. The van der Waals surface area contributed by atoms with Gasteiger partial charge in [-0.1, -0.05) is 0 Å². The number of benzene rings is 1. The highest BCUT2D eigenvalue weighted by Gasteiger charge is 2.30. The van der Waals surface area contributed by atoms with Crippen molar-refractivity contribution < 1.29 is 21.6 Å². The first-order valence-electron chi connectivity index (χ1n) is 6.65. The largest absolute Gasteiger partial charge is 0.416 e. The van der Waals surface area contributed by atoms with Crippen molar-refractivity contribution in [3.8, 4) is 0 Å². The van der Waals surface area contributed by atoms with Gasteiger partial charge in [-0.25, -0.2) is 18.1 Å². The number of halogens is 4. The van der Waals surface area contributed by atoms with Crippen molar-refractivity contribution in [1.82, 2.24) is 14.7 Å². The van der Waals surface area contributed by atoms with Crippen LogP contribution >= 0.6 is 12.4 Å². The number of nitrogens with zero attached hydrogens (tertiary/aromatic N) is 1. The number of aromatic nitrogens is 2. The zero-order valence-electron chi connectivity index (χ0n) is 12.3. The topological polar surface area (TPSA) is 101 Å². The molecule has 4 N–H and O–H groups in total. The van der Waals surface area contributed by atoms with E-state index in [4.69, 9.17) is 5.73 Å². The molecule has 24 heavy (non-hydrogen) atoms. The van der Waals surface area contributed by atoms with Crippen LogP contribution in [0.5, 0.6) is 0 Å². The van der Waals surface area contributed by atoms with Gasteiger partial charge in [-0.15, -0.1) is 12.4 Å². The number of hydrogen-bond acceptors (Lipinski definition) is 4. The van der Waals surface area contributed by atoms with Crippen molar-refractivity contribution >= 4 is 28.4 Å². The van der Waals surface area contributed by atoms with E-state index in [0.717, 1.165) is 30.0 Å². The summed E-state index contributed by atoms with van der Waals surface area (Å²) in [5, 5.41) is 0.